The SMILES string of the molecule is O=C(O)CCCCCO/N=C(\c1cncnc1)c1cccc(C(F)(F)F)c1. The summed E-state index contributed by atoms with van der Waals surface area (Å²) >= 11 is 0. The average Bonchev–Trinajstić information content (AvgIpc) is 2.64. The molecule has 0 saturated carbocycles. The van der Waals surface area contributed by atoms with Gasteiger partial charge in [-0.25, -0.2) is 9.97 Å². The lowest BCUT2D eigenvalue weighted by Gasteiger charge is -2.10. The number of alkyl halides is 3. The molecule has 0 radical (unpaired) electrons. The zero-order valence-electron chi connectivity index (χ0n) is 14.3. The number of hydrogen-bond acceptors (Lipinski definition) is 5. The van der Waals surface area contributed by atoms with Gasteiger partial charge in [-0.3, -0.25) is 4.79 Å². The molecule has 0 aliphatic carbocycles. The standard InChI is InChI=1S/C18H18F3N3O3/c19-18(20,21)15-6-4-5-13(9-15)17(14-10-22-12-23-11-14)24-27-8-3-1-2-7-16(25)26/h4-6,9-12H,1-3,7-8H2,(H,25,26)/b24-17-. The number of carboxylic acid groups (broad SMARTS) is 1. The Morgan fingerprint density at radius 1 is 1.11 bits per heavy atom. The number of carboxylic acids is 1. The lowest BCUT2D eigenvalue weighted by molar-refractivity contribution is -0.138. The Labute approximate surface area is 153 Å². The molecule has 0 fully saturated rings. The summed E-state index contributed by atoms with van der Waals surface area (Å²) in [5.74, 6) is -0.857. The fraction of sp³-hybridized carbons (Fsp3) is 0.333. The third-order valence-electron chi connectivity index (χ3n) is 3.58. The van der Waals surface area contributed by atoms with Gasteiger partial charge in [0.05, 0.1) is 5.56 Å². The summed E-state index contributed by atoms with van der Waals surface area (Å²) < 4.78 is 38.9. The number of benzene rings is 1. The first kappa shape index (κ1) is 20.3. The maximum Gasteiger partial charge on any atom is 0.416 e. The minimum atomic E-state index is -4.47. The van der Waals surface area contributed by atoms with Gasteiger partial charge in [0.15, 0.2) is 0 Å². The quantitative estimate of drug-likeness (QED) is 0.404. The molecule has 0 bridgehead atoms. The van der Waals surface area contributed by atoms with E-state index in [0.717, 1.165) is 12.1 Å². The third-order valence-corrected chi connectivity index (χ3v) is 3.58. The van der Waals surface area contributed by atoms with Crippen LogP contribution in [0.15, 0.2) is 48.1 Å². The van der Waals surface area contributed by atoms with Crippen molar-refractivity contribution in [2.75, 3.05) is 6.61 Å². The molecule has 1 heterocycles. The van der Waals surface area contributed by atoms with Crippen LogP contribution in [0.1, 0.15) is 42.4 Å². The minimum Gasteiger partial charge on any atom is -0.481 e. The Balaban J connectivity index is 2.12. The van der Waals surface area contributed by atoms with Gasteiger partial charge in [-0.1, -0.05) is 17.3 Å². The number of nitrogens with zero attached hydrogens (tertiary/aromatic N) is 3. The Kier molecular flexibility index (Phi) is 7.27. The van der Waals surface area contributed by atoms with E-state index < -0.39 is 17.7 Å². The first-order valence-electron chi connectivity index (χ1n) is 8.22. The van der Waals surface area contributed by atoms with Crippen LogP contribution >= 0.6 is 0 Å². The highest BCUT2D eigenvalue weighted by Crippen LogP contribution is 2.30. The zero-order valence-corrected chi connectivity index (χ0v) is 14.3. The monoisotopic (exact) mass is 381 g/mol. The first-order chi connectivity index (χ1) is 12.9. The van der Waals surface area contributed by atoms with Crippen LogP contribution in [-0.4, -0.2) is 33.4 Å². The molecule has 1 aromatic carbocycles. The molecule has 0 aliphatic heterocycles. The maximum atomic E-state index is 13.0. The fourth-order valence-electron chi connectivity index (χ4n) is 2.27. The van der Waals surface area contributed by atoms with Crippen molar-refractivity contribution in [3.8, 4) is 0 Å². The molecule has 0 amide bonds. The van der Waals surface area contributed by atoms with Crippen molar-refractivity contribution in [1.82, 2.24) is 9.97 Å². The normalized spacial score (nSPS) is 12.0. The molecule has 144 valence electrons. The van der Waals surface area contributed by atoms with Crippen LogP contribution in [0.3, 0.4) is 0 Å². The lowest BCUT2D eigenvalue weighted by Crippen LogP contribution is -2.10. The van der Waals surface area contributed by atoms with Crippen LogP contribution in [0.25, 0.3) is 0 Å². The summed E-state index contributed by atoms with van der Waals surface area (Å²) in [6, 6.07) is 4.76. The third kappa shape index (κ3) is 6.69. The van der Waals surface area contributed by atoms with Gasteiger partial charge in [-0.05, 0) is 31.4 Å². The van der Waals surface area contributed by atoms with Crippen molar-refractivity contribution in [2.45, 2.75) is 31.9 Å². The van der Waals surface area contributed by atoms with E-state index in [9.17, 15) is 18.0 Å². The average molecular weight is 381 g/mol. The molecule has 0 aliphatic rings. The van der Waals surface area contributed by atoms with E-state index in [4.69, 9.17) is 9.94 Å². The van der Waals surface area contributed by atoms with Crippen molar-refractivity contribution >= 4 is 11.7 Å². The van der Waals surface area contributed by atoms with Crippen LogP contribution in [0, 0.1) is 0 Å². The number of unbranched alkanes of at least 4 members (excludes halogenated alkanes) is 2. The molecule has 0 spiro atoms. The maximum absolute atomic E-state index is 13.0. The van der Waals surface area contributed by atoms with Gasteiger partial charge in [-0.2, -0.15) is 13.2 Å². The van der Waals surface area contributed by atoms with E-state index in [1.807, 2.05) is 0 Å². The zero-order chi connectivity index (χ0) is 19.7. The molecule has 9 heteroatoms. The predicted molar refractivity (Wildman–Crippen MR) is 91.2 cm³/mol. The smallest absolute Gasteiger partial charge is 0.416 e. The predicted octanol–water partition coefficient (Wildman–Crippen LogP) is 3.91. The number of hydrogen-bond donors (Lipinski definition) is 1. The first-order valence-corrected chi connectivity index (χ1v) is 8.22. The number of oxime groups is 1. The van der Waals surface area contributed by atoms with Crippen LogP contribution in [0.4, 0.5) is 13.2 Å². The van der Waals surface area contributed by atoms with E-state index in [-0.39, 0.29) is 24.3 Å². The molecule has 2 aromatic rings. The molecule has 1 aromatic heterocycles. The van der Waals surface area contributed by atoms with Gasteiger partial charge < -0.3 is 9.94 Å². The van der Waals surface area contributed by atoms with Crippen molar-refractivity contribution < 1.29 is 27.9 Å². The summed E-state index contributed by atoms with van der Waals surface area (Å²) in [5.41, 5.74) is 0.0404. The molecular formula is C18H18F3N3O3. The van der Waals surface area contributed by atoms with Crippen LogP contribution < -0.4 is 0 Å². The molecule has 6 nitrogen and oxygen atoms in total. The van der Waals surface area contributed by atoms with Crippen molar-refractivity contribution in [2.24, 2.45) is 5.16 Å². The number of aromatic nitrogens is 2. The van der Waals surface area contributed by atoms with Crippen LogP contribution in [0.2, 0.25) is 0 Å². The minimum absolute atomic E-state index is 0.0834. The van der Waals surface area contributed by atoms with Gasteiger partial charge in [0.25, 0.3) is 0 Å². The van der Waals surface area contributed by atoms with Gasteiger partial charge in [0, 0.05) is 29.9 Å². The van der Waals surface area contributed by atoms with Gasteiger partial charge in [0.2, 0.25) is 0 Å². The van der Waals surface area contributed by atoms with Crippen LogP contribution in [-0.2, 0) is 15.8 Å². The van der Waals surface area contributed by atoms with E-state index in [1.54, 1.807) is 0 Å². The summed E-state index contributed by atoms with van der Waals surface area (Å²) in [6.45, 7) is 0.218. The molecule has 0 atom stereocenters. The highest BCUT2D eigenvalue weighted by molar-refractivity contribution is 6.12. The molecule has 27 heavy (non-hydrogen) atoms. The number of aliphatic carboxylic acids is 1. The van der Waals surface area contributed by atoms with E-state index in [2.05, 4.69) is 15.1 Å². The van der Waals surface area contributed by atoms with Crippen molar-refractivity contribution in [3.63, 3.8) is 0 Å². The van der Waals surface area contributed by atoms with E-state index >= 15 is 0 Å². The highest BCUT2D eigenvalue weighted by Gasteiger charge is 2.30. The summed E-state index contributed by atoms with van der Waals surface area (Å²) in [6.07, 6.45) is 1.53. The summed E-state index contributed by atoms with van der Waals surface area (Å²) in [4.78, 5) is 23.4. The second-order valence-corrected chi connectivity index (χ2v) is 5.68. The van der Waals surface area contributed by atoms with Crippen molar-refractivity contribution in [3.05, 3.63) is 59.7 Å². The summed E-state index contributed by atoms with van der Waals surface area (Å²) in [5, 5.41) is 12.5. The Morgan fingerprint density at radius 3 is 2.52 bits per heavy atom. The van der Waals surface area contributed by atoms with Crippen LogP contribution in [0.5, 0.6) is 0 Å². The topological polar surface area (TPSA) is 84.7 Å². The second kappa shape index (κ2) is 9.65. The summed E-state index contributed by atoms with van der Waals surface area (Å²) in [7, 11) is 0. The molecule has 1 N–H and O–H groups in total. The largest absolute Gasteiger partial charge is 0.481 e. The van der Waals surface area contributed by atoms with E-state index in [1.165, 1.54) is 30.9 Å². The Bertz CT molecular complexity index is 780. The van der Waals surface area contributed by atoms with Gasteiger partial charge in [0.1, 0.15) is 18.6 Å². The van der Waals surface area contributed by atoms with Gasteiger partial charge >= 0.3 is 12.1 Å². The fourth-order valence-corrected chi connectivity index (χ4v) is 2.27. The van der Waals surface area contributed by atoms with Crippen molar-refractivity contribution in [1.29, 1.82) is 0 Å². The molecular weight excluding hydrogens is 363 g/mol. The highest BCUT2D eigenvalue weighted by atomic mass is 19.4. The molecule has 2 rings (SSSR count). The molecule has 0 unspecified atom stereocenters. The lowest BCUT2D eigenvalue weighted by atomic mass is 10.0. The Morgan fingerprint density at radius 2 is 1.85 bits per heavy atom. The molecule has 0 saturated heterocycles. The van der Waals surface area contributed by atoms with Gasteiger partial charge in [-0.15, -0.1) is 0 Å². The van der Waals surface area contributed by atoms with E-state index in [0.29, 0.717) is 24.8 Å². The number of carbonyl (C=O) groups is 1. The number of rotatable bonds is 9. The number of halogens is 3. The Hall–Kier alpha value is -2.97. The second-order valence-electron chi connectivity index (χ2n) is 5.68.